The van der Waals surface area contributed by atoms with E-state index in [0.717, 1.165) is 0 Å². The van der Waals surface area contributed by atoms with Crippen LogP contribution in [0.3, 0.4) is 0 Å². The topological polar surface area (TPSA) is 128 Å². The molecule has 0 aliphatic carbocycles. The number of carbonyl (C=O) groups is 1. The zero-order valence-electron chi connectivity index (χ0n) is 16.5. The molecule has 0 atom stereocenters. The summed E-state index contributed by atoms with van der Waals surface area (Å²) in [7, 11) is -3.96. The van der Waals surface area contributed by atoms with Crippen molar-refractivity contribution in [2.45, 2.75) is 18.7 Å². The fourth-order valence-electron chi connectivity index (χ4n) is 3.26. The normalized spacial score (nSPS) is 11.6. The van der Waals surface area contributed by atoms with Crippen LogP contribution in [-0.2, 0) is 10.0 Å². The molecule has 3 N–H and O–H groups in total. The number of fused-ring (bicyclic) bond motifs is 1. The lowest BCUT2D eigenvalue weighted by molar-refractivity contribution is 0.102. The maximum atomic E-state index is 14.3. The maximum Gasteiger partial charge on any atom is 0.259 e. The Morgan fingerprint density at radius 2 is 1.87 bits per heavy atom. The van der Waals surface area contributed by atoms with Gasteiger partial charge in [0.15, 0.2) is 0 Å². The number of benzene rings is 2. The van der Waals surface area contributed by atoms with E-state index in [9.17, 15) is 17.6 Å². The van der Waals surface area contributed by atoms with Crippen molar-refractivity contribution in [3.05, 3.63) is 71.2 Å². The molecule has 158 valence electrons. The first-order chi connectivity index (χ1) is 14.6. The first-order valence-corrected chi connectivity index (χ1v) is 10.7. The molecule has 0 aliphatic rings. The number of hydrogen-bond donors (Lipinski definition) is 2. The number of nitrogens with two attached hydrogens (primary N) is 1. The molecule has 31 heavy (non-hydrogen) atoms. The van der Waals surface area contributed by atoms with Crippen molar-refractivity contribution in [3.63, 3.8) is 0 Å². The van der Waals surface area contributed by atoms with Crippen LogP contribution in [-0.4, -0.2) is 24.5 Å². The summed E-state index contributed by atoms with van der Waals surface area (Å²) in [5.41, 5.74) is 1.73. The molecule has 0 saturated heterocycles. The van der Waals surface area contributed by atoms with Crippen LogP contribution in [0.25, 0.3) is 22.4 Å². The lowest BCUT2D eigenvalue weighted by atomic mass is 10.0. The first-order valence-electron chi connectivity index (χ1n) is 9.12. The van der Waals surface area contributed by atoms with Crippen molar-refractivity contribution in [2.24, 2.45) is 5.14 Å². The summed E-state index contributed by atoms with van der Waals surface area (Å²) in [5.74, 6) is -1.08. The molecule has 2 aromatic carbocycles. The molecule has 4 aromatic rings. The Morgan fingerprint density at radius 3 is 2.58 bits per heavy atom. The summed E-state index contributed by atoms with van der Waals surface area (Å²) < 4.78 is 43.1. The number of hydrogen-bond acceptors (Lipinski definition) is 6. The summed E-state index contributed by atoms with van der Waals surface area (Å²) >= 11 is 0. The third kappa shape index (κ3) is 3.90. The van der Waals surface area contributed by atoms with Gasteiger partial charge in [-0.3, -0.25) is 4.79 Å². The summed E-state index contributed by atoms with van der Waals surface area (Å²) in [6.45, 7) is 3.25. The number of anilines is 1. The smallest absolute Gasteiger partial charge is 0.259 e. The lowest BCUT2D eigenvalue weighted by Gasteiger charge is -2.11. The number of aromatic nitrogens is 2. The van der Waals surface area contributed by atoms with E-state index in [1.54, 1.807) is 32.0 Å². The Hall–Kier alpha value is -3.63. The zero-order valence-corrected chi connectivity index (χ0v) is 17.3. The van der Waals surface area contributed by atoms with Crippen LogP contribution in [0.15, 0.2) is 57.9 Å². The third-order valence-electron chi connectivity index (χ3n) is 4.76. The monoisotopic (exact) mass is 440 g/mol. The minimum Gasteiger partial charge on any atom is -0.335 e. The number of amides is 1. The van der Waals surface area contributed by atoms with Gasteiger partial charge in [0.1, 0.15) is 5.82 Å². The van der Waals surface area contributed by atoms with Crippen LogP contribution >= 0.6 is 0 Å². The molecule has 2 heterocycles. The second-order valence-corrected chi connectivity index (χ2v) is 8.49. The minimum absolute atomic E-state index is 0.0811. The quantitative estimate of drug-likeness (QED) is 0.499. The second-order valence-electron chi connectivity index (χ2n) is 6.96. The predicted molar refractivity (Wildman–Crippen MR) is 112 cm³/mol. The van der Waals surface area contributed by atoms with E-state index >= 15 is 0 Å². The lowest BCUT2D eigenvalue weighted by Crippen LogP contribution is -2.16. The van der Waals surface area contributed by atoms with Crippen molar-refractivity contribution in [1.82, 2.24) is 10.1 Å². The van der Waals surface area contributed by atoms with E-state index in [4.69, 9.17) is 9.66 Å². The van der Waals surface area contributed by atoms with Gasteiger partial charge in [-0.05, 0) is 49.7 Å². The van der Waals surface area contributed by atoms with E-state index in [0.29, 0.717) is 16.6 Å². The second kappa shape index (κ2) is 7.56. The molecule has 0 bridgehead atoms. The van der Waals surface area contributed by atoms with Gasteiger partial charge >= 0.3 is 0 Å². The highest BCUT2D eigenvalue weighted by atomic mass is 32.2. The number of nitrogens with zero attached hydrogens (tertiary/aromatic N) is 2. The van der Waals surface area contributed by atoms with Crippen LogP contribution in [0, 0.1) is 19.7 Å². The molecule has 1 amide bonds. The molecule has 10 heteroatoms. The fourth-order valence-corrected chi connectivity index (χ4v) is 4.07. The number of halogens is 1. The molecule has 0 radical (unpaired) electrons. The van der Waals surface area contributed by atoms with Crippen LogP contribution in [0.2, 0.25) is 0 Å². The van der Waals surface area contributed by atoms with Gasteiger partial charge in [0.2, 0.25) is 10.0 Å². The largest absolute Gasteiger partial charge is 0.335 e. The Morgan fingerprint density at radius 1 is 1.13 bits per heavy atom. The van der Waals surface area contributed by atoms with Gasteiger partial charge in [-0.2, -0.15) is 0 Å². The van der Waals surface area contributed by atoms with Gasteiger partial charge in [-0.1, -0.05) is 23.4 Å². The highest BCUT2D eigenvalue weighted by Gasteiger charge is 2.21. The molecule has 0 aliphatic heterocycles. The van der Waals surface area contributed by atoms with Crippen molar-refractivity contribution < 1.29 is 22.1 Å². The molecule has 2 aromatic heterocycles. The molecule has 8 nitrogen and oxygen atoms in total. The average molecular weight is 440 g/mol. The molecular formula is C21H17FN4O4S. The molecule has 0 unspecified atom stereocenters. The highest BCUT2D eigenvalue weighted by molar-refractivity contribution is 7.89. The molecule has 0 fully saturated rings. The molecular weight excluding hydrogens is 423 g/mol. The van der Waals surface area contributed by atoms with Gasteiger partial charge in [-0.15, -0.1) is 0 Å². The average Bonchev–Trinajstić information content (AvgIpc) is 3.09. The zero-order chi connectivity index (χ0) is 22.3. The van der Waals surface area contributed by atoms with E-state index < -0.39 is 21.7 Å². The molecule has 0 saturated carbocycles. The van der Waals surface area contributed by atoms with Crippen molar-refractivity contribution in [2.75, 3.05) is 5.32 Å². The SMILES string of the molecule is Cc1ccc(NC(=O)c2cc(-c3ccccc3F)nc3onc(C)c23)cc1S(N)(=O)=O. The number of carbonyl (C=O) groups excluding carboxylic acids is 1. The van der Waals surface area contributed by atoms with Crippen LogP contribution in [0.5, 0.6) is 0 Å². The number of nitrogens with one attached hydrogen (secondary N) is 1. The Kier molecular flexibility index (Phi) is 5.03. The van der Waals surface area contributed by atoms with E-state index in [2.05, 4.69) is 15.5 Å². The van der Waals surface area contributed by atoms with E-state index in [1.807, 2.05) is 0 Å². The van der Waals surface area contributed by atoms with E-state index in [1.165, 1.54) is 30.3 Å². The summed E-state index contributed by atoms with van der Waals surface area (Å²) in [4.78, 5) is 17.3. The Labute approximate surface area is 176 Å². The third-order valence-corrected chi connectivity index (χ3v) is 5.82. The summed E-state index contributed by atoms with van der Waals surface area (Å²) in [6.07, 6.45) is 0. The first kappa shape index (κ1) is 20.6. The maximum absolute atomic E-state index is 14.3. The van der Waals surface area contributed by atoms with Crippen molar-refractivity contribution in [3.8, 4) is 11.3 Å². The minimum atomic E-state index is -3.96. The standard InChI is InChI=1S/C21H17FN4O4S/c1-11-7-8-13(9-18(11)31(23,28)29)24-20(27)15-10-17(14-5-3-4-6-16(14)22)25-21-19(15)12(2)26-30-21/h3-10H,1-2H3,(H,24,27)(H2,23,28,29). The highest BCUT2D eigenvalue weighted by Crippen LogP contribution is 2.29. The predicted octanol–water partition coefficient (Wildman–Crippen LogP) is 3.55. The Bertz CT molecular complexity index is 1450. The molecule has 4 rings (SSSR count). The van der Waals surface area contributed by atoms with Crippen LogP contribution in [0.1, 0.15) is 21.6 Å². The number of pyridine rings is 1. The number of aryl methyl sites for hydroxylation is 2. The van der Waals surface area contributed by atoms with Gasteiger partial charge < -0.3 is 9.84 Å². The Balaban J connectivity index is 1.81. The molecule has 0 spiro atoms. The van der Waals surface area contributed by atoms with Crippen LogP contribution < -0.4 is 10.5 Å². The number of sulfonamides is 1. The van der Waals surface area contributed by atoms with Gasteiger partial charge in [0, 0.05) is 11.3 Å². The number of primary sulfonamides is 1. The van der Waals surface area contributed by atoms with E-state index in [-0.39, 0.29) is 33.1 Å². The summed E-state index contributed by atoms with van der Waals surface area (Å²) in [6, 6.07) is 11.8. The summed E-state index contributed by atoms with van der Waals surface area (Å²) in [5, 5.41) is 12.1. The fraction of sp³-hybridized carbons (Fsp3) is 0.0952. The van der Waals surface area contributed by atoms with Gasteiger partial charge in [0.25, 0.3) is 11.6 Å². The van der Waals surface area contributed by atoms with Gasteiger partial charge in [-0.25, -0.2) is 22.9 Å². The van der Waals surface area contributed by atoms with Crippen LogP contribution in [0.4, 0.5) is 10.1 Å². The van der Waals surface area contributed by atoms with Crippen molar-refractivity contribution >= 4 is 32.7 Å². The van der Waals surface area contributed by atoms with Gasteiger partial charge in [0.05, 0.1) is 27.2 Å². The number of rotatable bonds is 4. The van der Waals surface area contributed by atoms with Crippen molar-refractivity contribution in [1.29, 1.82) is 0 Å².